The quantitative estimate of drug-likeness (QED) is 0.718. The highest BCUT2D eigenvalue weighted by molar-refractivity contribution is 5.85. The van der Waals surface area contributed by atoms with E-state index in [1.165, 1.54) is 5.56 Å². The summed E-state index contributed by atoms with van der Waals surface area (Å²) in [4.78, 5) is 4.66. The number of nitrogen functional groups attached to an aromatic ring is 1. The fourth-order valence-electron chi connectivity index (χ4n) is 2.46. The number of halogens is 2. The molecule has 0 aliphatic rings. The molecule has 0 radical (unpaired) electrons. The Morgan fingerprint density at radius 2 is 1.77 bits per heavy atom. The van der Waals surface area contributed by atoms with E-state index in [0.29, 0.717) is 12.2 Å². The van der Waals surface area contributed by atoms with Crippen LogP contribution in [0.1, 0.15) is 11.4 Å². The van der Waals surface area contributed by atoms with Crippen LogP contribution in [0.4, 0.5) is 5.69 Å². The molecule has 0 spiro atoms. The van der Waals surface area contributed by atoms with Gasteiger partial charge < -0.3 is 15.4 Å². The molecule has 0 unspecified atom stereocenters. The summed E-state index contributed by atoms with van der Waals surface area (Å²) in [5.74, 6) is 0.950. The summed E-state index contributed by atoms with van der Waals surface area (Å²) in [5, 5.41) is 9.27. The average Bonchev–Trinajstić information content (AvgIpc) is 2.77. The highest BCUT2D eigenvalue weighted by atomic mass is 35.5. The van der Waals surface area contributed by atoms with Gasteiger partial charge in [0.25, 0.3) is 0 Å². The number of hydrogen-bond donors (Lipinski definition) is 2. The number of fused-ring (bicyclic) bond motifs is 1. The number of aromatic nitrogens is 2. The molecule has 0 aliphatic carbocycles. The molecular formula is C16H19Cl2N3O. The van der Waals surface area contributed by atoms with Crippen LogP contribution in [-0.4, -0.2) is 21.3 Å². The third-order valence-corrected chi connectivity index (χ3v) is 3.38. The molecule has 2 aromatic carbocycles. The first-order valence-corrected chi connectivity index (χ1v) is 6.67. The van der Waals surface area contributed by atoms with Crippen molar-refractivity contribution in [2.45, 2.75) is 13.0 Å². The van der Waals surface area contributed by atoms with E-state index in [2.05, 4.69) is 21.7 Å². The zero-order valence-electron chi connectivity index (χ0n) is 12.0. The van der Waals surface area contributed by atoms with Gasteiger partial charge in [0, 0.05) is 18.7 Å². The summed E-state index contributed by atoms with van der Waals surface area (Å²) in [7, 11) is 0. The minimum atomic E-state index is 0. The summed E-state index contributed by atoms with van der Waals surface area (Å²) in [6.07, 6.45) is 0.745. The lowest BCUT2D eigenvalue weighted by molar-refractivity contribution is 0.276. The third-order valence-electron chi connectivity index (χ3n) is 3.38. The Morgan fingerprint density at radius 3 is 2.45 bits per heavy atom. The first-order valence-electron chi connectivity index (χ1n) is 6.67. The second-order valence-electron chi connectivity index (χ2n) is 4.81. The van der Waals surface area contributed by atoms with Crippen molar-refractivity contribution in [3.05, 3.63) is 59.9 Å². The molecule has 0 bridgehead atoms. The Kier molecular flexibility index (Phi) is 6.68. The normalized spacial score (nSPS) is 10.0. The van der Waals surface area contributed by atoms with E-state index >= 15 is 0 Å². The van der Waals surface area contributed by atoms with Gasteiger partial charge in [-0.05, 0) is 23.8 Å². The first-order chi connectivity index (χ1) is 9.78. The number of aliphatic hydroxyl groups is 1. The lowest BCUT2D eigenvalue weighted by Crippen LogP contribution is -2.07. The molecule has 0 amide bonds. The maximum Gasteiger partial charge on any atom is 0.114 e. The van der Waals surface area contributed by atoms with E-state index in [-0.39, 0.29) is 31.4 Å². The molecule has 118 valence electrons. The van der Waals surface area contributed by atoms with E-state index in [4.69, 9.17) is 5.73 Å². The predicted molar refractivity (Wildman–Crippen MR) is 95.0 cm³/mol. The third kappa shape index (κ3) is 3.71. The standard InChI is InChI=1S/C16H17N3O.2ClH/c17-13-6-7-15-14(11-13)18-16(19(15)8-9-20)10-12-4-2-1-3-5-12;;/h1-7,11,20H,8-10,17H2;2*1H. The lowest BCUT2D eigenvalue weighted by Gasteiger charge is -2.07. The summed E-state index contributed by atoms with van der Waals surface area (Å²) in [5.41, 5.74) is 9.61. The molecular weight excluding hydrogens is 321 g/mol. The smallest absolute Gasteiger partial charge is 0.114 e. The van der Waals surface area contributed by atoms with E-state index in [1.807, 2.05) is 36.4 Å². The maximum atomic E-state index is 9.27. The number of nitrogens with zero attached hydrogens (tertiary/aromatic N) is 2. The fraction of sp³-hybridized carbons (Fsp3) is 0.188. The van der Waals surface area contributed by atoms with Gasteiger partial charge in [-0.25, -0.2) is 4.98 Å². The van der Waals surface area contributed by atoms with Crippen molar-refractivity contribution in [2.24, 2.45) is 0 Å². The molecule has 1 heterocycles. The number of hydrogen-bond acceptors (Lipinski definition) is 3. The van der Waals surface area contributed by atoms with Crippen LogP contribution in [0.2, 0.25) is 0 Å². The van der Waals surface area contributed by atoms with Crippen molar-refractivity contribution >= 4 is 41.5 Å². The van der Waals surface area contributed by atoms with Crippen molar-refractivity contribution in [1.29, 1.82) is 0 Å². The Bertz CT molecular complexity index is 729. The van der Waals surface area contributed by atoms with Gasteiger partial charge in [0.2, 0.25) is 0 Å². The van der Waals surface area contributed by atoms with Gasteiger partial charge >= 0.3 is 0 Å². The minimum Gasteiger partial charge on any atom is -0.399 e. The Hall–Kier alpha value is -1.75. The number of benzene rings is 2. The van der Waals surface area contributed by atoms with E-state index in [1.54, 1.807) is 0 Å². The molecule has 0 aliphatic heterocycles. The number of imidazole rings is 1. The van der Waals surface area contributed by atoms with Crippen LogP contribution >= 0.6 is 24.8 Å². The summed E-state index contributed by atoms with van der Waals surface area (Å²) in [6, 6.07) is 15.9. The average molecular weight is 340 g/mol. The summed E-state index contributed by atoms with van der Waals surface area (Å²) >= 11 is 0. The summed E-state index contributed by atoms with van der Waals surface area (Å²) < 4.78 is 2.06. The van der Waals surface area contributed by atoms with Crippen molar-refractivity contribution in [1.82, 2.24) is 9.55 Å². The molecule has 0 saturated heterocycles. The van der Waals surface area contributed by atoms with Gasteiger partial charge in [-0.15, -0.1) is 24.8 Å². The molecule has 6 heteroatoms. The number of aliphatic hydroxyl groups excluding tert-OH is 1. The SMILES string of the molecule is Cl.Cl.Nc1ccc2c(c1)nc(Cc1ccccc1)n2CCO. The van der Waals surface area contributed by atoms with Gasteiger partial charge in [0.1, 0.15) is 5.82 Å². The van der Waals surface area contributed by atoms with E-state index in [0.717, 1.165) is 23.3 Å². The van der Waals surface area contributed by atoms with Gasteiger partial charge in [-0.2, -0.15) is 0 Å². The summed E-state index contributed by atoms with van der Waals surface area (Å²) in [6.45, 7) is 0.639. The van der Waals surface area contributed by atoms with Crippen molar-refractivity contribution < 1.29 is 5.11 Å². The zero-order chi connectivity index (χ0) is 13.9. The Balaban J connectivity index is 0.00000121. The van der Waals surface area contributed by atoms with E-state index in [9.17, 15) is 5.11 Å². The highest BCUT2D eigenvalue weighted by Crippen LogP contribution is 2.20. The lowest BCUT2D eigenvalue weighted by atomic mass is 10.1. The molecule has 22 heavy (non-hydrogen) atoms. The minimum absolute atomic E-state index is 0. The van der Waals surface area contributed by atoms with Crippen LogP contribution in [0.3, 0.4) is 0 Å². The molecule has 0 saturated carbocycles. The number of anilines is 1. The maximum absolute atomic E-state index is 9.27. The molecule has 3 N–H and O–H groups in total. The predicted octanol–water partition coefficient (Wildman–Crippen LogP) is 3.05. The number of nitrogens with two attached hydrogens (primary N) is 1. The van der Waals surface area contributed by atoms with Crippen molar-refractivity contribution in [3.8, 4) is 0 Å². The van der Waals surface area contributed by atoms with Gasteiger partial charge in [0.15, 0.2) is 0 Å². The van der Waals surface area contributed by atoms with Crippen LogP contribution in [0, 0.1) is 0 Å². The first kappa shape index (κ1) is 18.3. The molecule has 4 nitrogen and oxygen atoms in total. The topological polar surface area (TPSA) is 64.1 Å². The van der Waals surface area contributed by atoms with E-state index < -0.39 is 0 Å². The highest BCUT2D eigenvalue weighted by Gasteiger charge is 2.11. The van der Waals surface area contributed by atoms with Gasteiger partial charge in [-0.3, -0.25) is 0 Å². The molecule has 1 aromatic heterocycles. The van der Waals surface area contributed by atoms with Crippen LogP contribution in [0.15, 0.2) is 48.5 Å². The Morgan fingerprint density at radius 1 is 1.05 bits per heavy atom. The van der Waals surface area contributed by atoms with Gasteiger partial charge in [-0.1, -0.05) is 30.3 Å². The van der Waals surface area contributed by atoms with Crippen LogP contribution in [0.25, 0.3) is 11.0 Å². The monoisotopic (exact) mass is 339 g/mol. The van der Waals surface area contributed by atoms with Crippen molar-refractivity contribution in [2.75, 3.05) is 12.3 Å². The molecule has 3 aromatic rings. The largest absolute Gasteiger partial charge is 0.399 e. The number of rotatable bonds is 4. The zero-order valence-corrected chi connectivity index (χ0v) is 13.6. The van der Waals surface area contributed by atoms with Crippen molar-refractivity contribution in [3.63, 3.8) is 0 Å². The van der Waals surface area contributed by atoms with Crippen LogP contribution in [-0.2, 0) is 13.0 Å². The molecule has 0 fully saturated rings. The molecule has 0 atom stereocenters. The second kappa shape index (κ2) is 8.03. The van der Waals surface area contributed by atoms with Gasteiger partial charge in [0.05, 0.1) is 17.6 Å². The fourth-order valence-corrected chi connectivity index (χ4v) is 2.46. The van der Waals surface area contributed by atoms with Crippen LogP contribution in [0.5, 0.6) is 0 Å². The second-order valence-corrected chi connectivity index (χ2v) is 4.81. The molecule has 3 rings (SSSR count). The van der Waals surface area contributed by atoms with Crippen LogP contribution < -0.4 is 5.73 Å². The Labute approximate surface area is 141 Å².